The summed E-state index contributed by atoms with van der Waals surface area (Å²) >= 11 is 0. The Hall–Kier alpha value is -0.520. The number of fused-ring (bicyclic) bond motifs is 2. The van der Waals surface area contributed by atoms with Gasteiger partial charge < -0.3 is 64.5 Å². The molecule has 0 unspecified atom stereocenters. The van der Waals surface area contributed by atoms with Crippen LogP contribution < -0.4 is 0 Å². The number of hydrogen-bond donors (Lipinski definition) is 8. The van der Waals surface area contributed by atoms with Crippen molar-refractivity contribution in [3.63, 3.8) is 0 Å². The van der Waals surface area contributed by atoms with Gasteiger partial charge in [-0.05, 0) is 117 Å². The van der Waals surface area contributed by atoms with E-state index in [9.17, 15) is 40.9 Å². The van der Waals surface area contributed by atoms with Crippen molar-refractivity contribution < 1.29 is 64.5 Å². The molecule has 3 aliphatic heterocycles. The molecule has 0 radical (unpaired) electrons. The third-order valence-electron chi connectivity index (χ3n) is 17.3. The Morgan fingerprint density at radius 1 is 0.585 bits per heavy atom. The molecule has 0 aromatic carbocycles. The van der Waals surface area contributed by atoms with E-state index >= 15 is 0 Å². The minimum Gasteiger partial charge on any atom is -0.393 e. The third kappa shape index (κ3) is 5.35. The van der Waals surface area contributed by atoms with E-state index in [1.165, 1.54) is 0 Å². The largest absolute Gasteiger partial charge is 0.393 e. The molecule has 13 heteroatoms. The van der Waals surface area contributed by atoms with Crippen molar-refractivity contribution in [2.75, 3.05) is 13.2 Å². The van der Waals surface area contributed by atoms with Gasteiger partial charge in [0.15, 0.2) is 12.6 Å². The summed E-state index contributed by atoms with van der Waals surface area (Å²) in [6.07, 6.45) is -5.82. The number of aliphatic hydroxyl groups excluding tert-OH is 8. The van der Waals surface area contributed by atoms with Gasteiger partial charge in [-0.25, -0.2) is 0 Å². The smallest absolute Gasteiger partial charge is 0.186 e. The van der Waals surface area contributed by atoms with Crippen LogP contribution in [-0.4, -0.2) is 139 Å². The Bertz CT molecular complexity index is 1410. The lowest BCUT2D eigenvalue weighted by Crippen LogP contribution is -2.64. The quantitative estimate of drug-likeness (QED) is 0.187. The van der Waals surface area contributed by atoms with Crippen molar-refractivity contribution in [3.8, 4) is 0 Å². The molecule has 5 saturated carbocycles. The molecule has 2 spiro atoms. The van der Waals surface area contributed by atoms with Crippen LogP contribution in [0.15, 0.2) is 0 Å². The van der Waals surface area contributed by atoms with Gasteiger partial charge in [0.1, 0.15) is 36.6 Å². The molecule has 3 saturated heterocycles. The molecule has 5 aliphatic carbocycles. The summed E-state index contributed by atoms with van der Waals surface area (Å²) in [4.78, 5) is 0. The van der Waals surface area contributed by atoms with Gasteiger partial charge in [0.2, 0.25) is 0 Å². The third-order valence-corrected chi connectivity index (χ3v) is 17.3. The molecule has 0 amide bonds. The average Bonchev–Trinajstić information content (AvgIpc) is 3.66. The van der Waals surface area contributed by atoms with Crippen molar-refractivity contribution in [1.82, 2.24) is 0 Å². The van der Waals surface area contributed by atoms with Crippen LogP contribution in [-0.2, 0) is 23.7 Å². The zero-order chi connectivity index (χ0) is 38.5. The van der Waals surface area contributed by atoms with E-state index in [4.69, 9.17) is 23.7 Å². The predicted molar refractivity (Wildman–Crippen MR) is 188 cm³/mol. The molecule has 8 fully saturated rings. The van der Waals surface area contributed by atoms with Crippen LogP contribution in [0.2, 0.25) is 0 Å². The highest BCUT2D eigenvalue weighted by molar-refractivity contribution is 5.33. The minimum absolute atomic E-state index is 0.0406. The molecule has 53 heavy (non-hydrogen) atoms. The van der Waals surface area contributed by atoms with Crippen LogP contribution in [0.5, 0.6) is 0 Å². The SMILES string of the molecule is CC1(C)O[C@@](C)([C@H]2[C@@H](O)C[C@@]3(C)[C@@H]4C[C@H](O)[C@H]5C(C)(C)[C@@H](O[C@@H]6OC[C@@H](O)[C@H](O)[C@H]6O[C@@H]6OC[C@H](O)[C@H](O)[C@H]6O)CC[C@@]56C[C@@]46CC[C@]23C)CC[C@@H]1O. The van der Waals surface area contributed by atoms with E-state index < -0.39 is 90.2 Å². The van der Waals surface area contributed by atoms with Crippen LogP contribution in [0.4, 0.5) is 0 Å². The molecule has 20 atom stereocenters. The van der Waals surface area contributed by atoms with E-state index in [0.29, 0.717) is 32.1 Å². The number of ether oxygens (including phenoxy) is 5. The number of rotatable bonds is 5. The fraction of sp³-hybridized carbons (Fsp3) is 1.00. The Balaban J connectivity index is 1.03. The zero-order valence-electron chi connectivity index (χ0n) is 32.6. The maximum absolute atomic E-state index is 12.4. The topological polar surface area (TPSA) is 208 Å². The molecule has 8 N–H and O–H groups in total. The molecule has 3 heterocycles. The van der Waals surface area contributed by atoms with Crippen molar-refractivity contribution in [1.29, 1.82) is 0 Å². The van der Waals surface area contributed by atoms with Gasteiger partial charge in [-0.1, -0.05) is 27.7 Å². The Kier molecular flexibility index (Phi) is 9.27. The fourth-order valence-corrected chi connectivity index (χ4v) is 14.7. The molecule has 0 bridgehead atoms. The summed E-state index contributed by atoms with van der Waals surface area (Å²) in [5.41, 5.74) is -2.29. The van der Waals surface area contributed by atoms with Crippen molar-refractivity contribution >= 4 is 0 Å². The molecule has 8 rings (SSSR count). The van der Waals surface area contributed by atoms with Crippen molar-refractivity contribution in [2.45, 2.75) is 191 Å². The van der Waals surface area contributed by atoms with Gasteiger partial charge in [0.05, 0.1) is 48.8 Å². The Morgan fingerprint density at radius 3 is 1.92 bits per heavy atom. The first kappa shape index (κ1) is 39.3. The highest BCUT2D eigenvalue weighted by Crippen LogP contribution is 2.89. The van der Waals surface area contributed by atoms with Crippen LogP contribution in [0, 0.1) is 44.8 Å². The van der Waals surface area contributed by atoms with Crippen molar-refractivity contribution in [3.05, 3.63) is 0 Å². The maximum atomic E-state index is 12.4. The van der Waals surface area contributed by atoms with Gasteiger partial charge in [0, 0.05) is 5.92 Å². The Morgan fingerprint density at radius 2 is 1.25 bits per heavy atom. The average molecular weight is 755 g/mol. The zero-order valence-corrected chi connectivity index (χ0v) is 32.6. The van der Waals surface area contributed by atoms with Gasteiger partial charge >= 0.3 is 0 Å². The van der Waals surface area contributed by atoms with E-state index in [-0.39, 0.29) is 52.6 Å². The second kappa shape index (κ2) is 12.5. The van der Waals surface area contributed by atoms with Gasteiger partial charge in [0.25, 0.3) is 0 Å². The minimum atomic E-state index is -1.60. The van der Waals surface area contributed by atoms with E-state index in [1.54, 1.807) is 0 Å². The lowest BCUT2D eigenvalue weighted by molar-refractivity contribution is -0.356. The summed E-state index contributed by atoms with van der Waals surface area (Å²) in [7, 11) is 0. The van der Waals surface area contributed by atoms with Crippen LogP contribution >= 0.6 is 0 Å². The first-order chi connectivity index (χ1) is 24.6. The maximum Gasteiger partial charge on any atom is 0.186 e. The highest BCUT2D eigenvalue weighted by Gasteiger charge is 2.85. The highest BCUT2D eigenvalue weighted by atomic mass is 16.7. The monoisotopic (exact) mass is 754 g/mol. The van der Waals surface area contributed by atoms with E-state index in [1.807, 2.05) is 13.8 Å². The second-order valence-corrected chi connectivity index (χ2v) is 20.6. The van der Waals surface area contributed by atoms with Gasteiger partial charge in [-0.3, -0.25) is 0 Å². The van der Waals surface area contributed by atoms with Crippen LogP contribution in [0.25, 0.3) is 0 Å². The summed E-state index contributed by atoms with van der Waals surface area (Å²) < 4.78 is 30.8. The molecule has 13 nitrogen and oxygen atoms in total. The predicted octanol–water partition coefficient (Wildman–Crippen LogP) is 1.36. The molecule has 0 aromatic heterocycles. The van der Waals surface area contributed by atoms with Gasteiger partial charge in [-0.2, -0.15) is 0 Å². The molecule has 8 aliphatic rings. The van der Waals surface area contributed by atoms with Gasteiger partial charge in [-0.15, -0.1) is 0 Å². The first-order valence-corrected chi connectivity index (χ1v) is 20.3. The fourth-order valence-electron chi connectivity index (χ4n) is 14.7. The first-order valence-electron chi connectivity index (χ1n) is 20.3. The normalized spacial score (nSPS) is 59.9. The summed E-state index contributed by atoms with van der Waals surface area (Å²) in [5, 5.41) is 87.4. The second-order valence-electron chi connectivity index (χ2n) is 20.6. The van der Waals surface area contributed by atoms with Crippen LogP contribution in [0.1, 0.15) is 106 Å². The number of aliphatic hydroxyl groups is 8. The molecule has 0 aromatic rings. The summed E-state index contributed by atoms with van der Waals surface area (Å²) in [6, 6.07) is 0. The number of hydrogen-bond acceptors (Lipinski definition) is 13. The standard InChI is InChI=1S/C40H66O13/c1-34(2)25(51-33-29(27(47)22(44)17-50-33)52-32-28(48)26(46)21(43)16-49-32)9-11-40-18-39(40)13-12-36(5)31(38(7)10-8-24(45)35(3,4)53-38)20(42)15-37(36,6)23(39)14-19(41)30(34)40/h19-33,41-48H,8-18H2,1-7H3/t19-,20-,21-,22+,23-,24-,25-,26-,27-,28+,29+,30-,31-,32-,33-,36+,37-,38+,39-,40+/m0/s1. The Labute approximate surface area is 313 Å². The summed E-state index contributed by atoms with van der Waals surface area (Å²) in [6.45, 7) is 14.6. The van der Waals surface area contributed by atoms with E-state index in [0.717, 1.165) is 25.7 Å². The molecular weight excluding hydrogens is 688 g/mol. The summed E-state index contributed by atoms with van der Waals surface area (Å²) in [5.74, 6) is 0.0630. The molecular formula is C40H66O13. The lowest BCUT2D eigenvalue weighted by Gasteiger charge is -2.65. The molecule has 304 valence electrons. The lowest BCUT2D eigenvalue weighted by atomic mass is 9.41. The van der Waals surface area contributed by atoms with Crippen molar-refractivity contribution in [2.24, 2.45) is 44.8 Å². The van der Waals surface area contributed by atoms with E-state index in [2.05, 4.69) is 34.6 Å². The van der Waals surface area contributed by atoms with Crippen LogP contribution in [0.3, 0.4) is 0 Å².